The highest BCUT2D eigenvalue weighted by Gasteiger charge is 2.06. The predicted octanol–water partition coefficient (Wildman–Crippen LogP) is 3.08. The minimum absolute atomic E-state index is 0.120. The molecule has 0 saturated carbocycles. The Morgan fingerprint density at radius 2 is 2.13 bits per heavy atom. The monoisotopic (exact) mass is 226 g/mol. The van der Waals surface area contributed by atoms with E-state index in [2.05, 4.69) is 0 Å². The Labute approximate surface area is 94.1 Å². The number of hydrogen-bond donors (Lipinski definition) is 0. The second kappa shape index (κ2) is 6.62. The van der Waals surface area contributed by atoms with Crippen molar-refractivity contribution in [2.75, 3.05) is 12.0 Å². The predicted molar refractivity (Wildman–Crippen MR) is 62.7 cm³/mol. The van der Waals surface area contributed by atoms with Gasteiger partial charge < -0.3 is 0 Å². The number of hydrogen-bond acceptors (Lipinski definition) is 2. The zero-order chi connectivity index (χ0) is 11.1. The highest BCUT2D eigenvalue weighted by Crippen LogP contribution is 2.09. The molecule has 1 nitrogen and oxygen atoms in total. The number of Topliss-reactive ketones (excluding diaryl/α,β-unsaturated/α-hetero) is 1. The molecule has 0 saturated heterocycles. The molecule has 0 spiro atoms. The maximum absolute atomic E-state index is 13.2. The van der Waals surface area contributed by atoms with Crippen LogP contribution in [0.4, 0.5) is 4.39 Å². The van der Waals surface area contributed by atoms with Crippen molar-refractivity contribution in [3.05, 3.63) is 35.6 Å². The van der Waals surface area contributed by atoms with Gasteiger partial charge in [-0.25, -0.2) is 4.39 Å². The Balaban J connectivity index is 2.41. The van der Waals surface area contributed by atoms with Crippen LogP contribution in [0.1, 0.15) is 18.4 Å². The minimum atomic E-state index is -0.282. The average molecular weight is 226 g/mol. The molecule has 0 radical (unpaired) electrons. The van der Waals surface area contributed by atoms with E-state index in [-0.39, 0.29) is 18.0 Å². The second-order valence-corrected chi connectivity index (χ2v) is 4.39. The molecule has 0 amide bonds. The molecule has 0 heterocycles. The molecule has 15 heavy (non-hydrogen) atoms. The van der Waals surface area contributed by atoms with Gasteiger partial charge in [-0.15, -0.1) is 0 Å². The molecule has 3 heteroatoms. The molecule has 0 N–H and O–H groups in total. The summed E-state index contributed by atoms with van der Waals surface area (Å²) < 4.78 is 13.2. The summed E-state index contributed by atoms with van der Waals surface area (Å²) in [6.45, 7) is 0. The number of halogens is 1. The van der Waals surface area contributed by atoms with Crippen molar-refractivity contribution < 1.29 is 9.18 Å². The smallest absolute Gasteiger partial charge is 0.137 e. The summed E-state index contributed by atoms with van der Waals surface area (Å²) in [4.78, 5) is 11.5. The van der Waals surface area contributed by atoms with Crippen LogP contribution in [-0.2, 0) is 11.2 Å². The van der Waals surface area contributed by atoms with Crippen molar-refractivity contribution >= 4 is 17.5 Å². The van der Waals surface area contributed by atoms with Crippen molar-refractivity contribution in [3.8, 4) is 0 Å². The Hall–Kier alpha value is -0.830. The van der Waals surface area contributed by atoms with E-state index >= 15 is 0 Å². The van der Waals surface area contributed by atoms with Crippen molar-refractivity contribution in [1.29, 1.82) is 0 Å². The van der Waals surface area contributed by atoms with E-state index < -0.39 is 0 Å². The van der Waals surface area contributed by atoms with E-state index in [0.717, 1.165) is 12.2 Å². The van der Waals surface area contributed by atoms with Crippen molar-refractivity contribution in [2.24, 2.45) is 0 Å². The summed E-state index contributed by atoms with van der Waals surface area (Å²) in [5.74, 6) is 0.827. The zero-order valence-electron chi connectivity index (χ0n) is 8.83. The maximum Gasteiger partial charge on any atom is 0.137 e. The van der Waals surface area contributed by atoms with Gasteiger partial charge in [0, 0.05) is 12.8 Å². The summed E-state index contributed by atoms with van der Waals surface area (Å²) in [5, 5.41) is 0. The van der Waals surface area contributed by atoms with Crippen molar-refractivity contribution in [3.63, 3.8) is 0 Å². The highest BCUT2D eigenvalue weighted by atomic mass is 32.2. The first kappa shape index (κ1) is 12.2. The van der Waals surface area contributed by atoms with E-state index in [0.29, 0.717) is 12.0 Å². The number of rotatable bonds is 6. The van der Waals surface area contributed by atoms with Crippen LogP contribution in [0.3, 0.4) is 0 Å². The van der Waals surface area contributed by atoms with E-state index in [4.69, 9.17) is 0 Å². The molecule has 0 fully saturated rings. The van der Waals surface area contributed by atoms with Gasteiger partial charge in [-0.05, 0) is 30.1 Å². The first-order valence-electron chi connectivity index (χ1n) is 4.98. The fourth-order valence-corrected chi connectivity index (χ4v) is 1.79. The van der Waals surface area contributed by atoms with Crippen LogP contribution in [0.25, 0.3) is 0 Å². The van der Waals surface area contributed by atoms with Crippen LogP contribution in [0.2, 0.25) is 0 Å². The number of thioether (sulfide) groups is 1. The third kappa shape index (κ3) is 4.47. The lowest BCUT2D eigenvalue weighted by atomic mass is 10.1. The molecule has 0 aromatic heterocycles. The lowest BCUT2D eigenvalue weighted by Crippen LogP contribution is -2.04. The third-order valence-corrected chi connectivity index (χ3v) is 2.85. The zero-order valence-corrected chi connectivity index (χ0v) is 9.65. The molecule has 0 unspecified atom stereocenters. The lowest BCUT2D eigenvalue weighted by molar-refractivity contribution is -0.118. The lowest BCUT2D eigenvalue weighted by Gasteiger charge is -2.02. The minimum Gasteiger partial charge on any atom is -0.299 e. The Morgan fingerprint density at radius 3 is 2.80 bits per heavy atom. The molecule has 0 bridgehead atoms. The van der Waals surface area contributed by atoms with Crippen LogP contribution >= 0.6 is 11.8 Å². The fraction of sp³-hybridized carbons (Fsp3) is 0.417. The molecule has 82 valence electrons. The maximum atomic E-state index is 13.2. The molecular weight excluding hydrogens is 211 g/mol. The van der Waals surface area contributed by atoms with Gasteiger partial charge in [0.1, 0.15) is 11.6 Å². The second-order valence-electron chi connectivity index (χ2n) is 3.40. The van der Waals surface area contributed by atoms with E-state index in [1.165, 1.54) is 6.07 Å². The van der Waals surface area contributed by atoms with Crippen molar-refractivity contribution in [2.45, 2.75) is 19.3 Å². The number of carbonyl (C=O) groups is 1. The Kier molecular flexibility index (Phi) is 5.40. The van der Waals surface area contributed by atoms with Gasteiger partial charge >= 0.3 is 0 Å². The Bertz CT molecular complexity index is 325. The number of benzene rings is 1. The molecular formula is C12H15FOS. The molecule has 0 aliphatic rings. The quantitative estimate of drug-likeness (QED) is 0.693. The first-order valence-corrected chi connectivity index (χ1v) is 6.37. The third-order valence-electron chi connectivity index (χ3n) is 2.15. The topological polar surface area (TPSA) is 17.1 Å². The van der Waals surface area contributed by atoms with E-state index in [1.54, 1.807) is 30.0 Å². The van der Waals surface area contributed by atoms with Gasteiger partial charge in [0.2, 0.25) is 0 Å². The van der Waals surface area contributed by atoms with Crippen LogP contribution in [0, 0.1) is 5.82 Å². The Morgan fingerprint density at radius 1 is 1.40 bits per heavy atom. The van der Waals surface area contributed by atoms with Crippen molar-refractivity contribution in [1.82, 2.24) is 0 Å². The van der Waals surface area contributed by atoms with Crippen LogP contribution in [-0.4, -0.2) is 17.8 Å². The summed E-state index contributed by atoms with van der Waals surface area (Å²) in [6.07, 6.45) is 3.67. The molecule has 0 aliphatic heterocycles. The van der Waals surface area contributed by atoms with Crippen LogP contribution in [0.5, 0.6) is 0 Å². The fourth-order valence-electron chi connectivity index (χ4n) is 1.36. The summed E-state index contributed by atoms with van der Waals surface area (Å²) in [6, 6.07) is 6.46. The van der Waals surface area contributed by atoms with Gasteiger partial charge in [-0.3, -0.25) is 4.79 Å². The first-order chi connectivity index (χ1) is 7.24. The van der Waals surface area contributed by atoms with Crippen LogP contribution < -0.4 is 0 Å². The molecule has 1 rings (SSSR count). The van der Waals surface area contributed by atoms with Gasteiger partial charge in [-0.1, -0.05) is 18.2 Å². The van der Waals surface area contributed by atoms with Crippen LogP contribution in [0.15, 0.2) is 24.3 Å². The summed E-state index contributed by atoms with van der Waals surface area (Å²) in [7, 11) is 0. The summed E-state index contributed by atoms with van der Waals surface area (Å²) in [5.41, 5.74) is 0.506. The number of ketones is 1. The highest BCUT2D eigenvalue weighted by molar-refractivity contribution is 7.98. The largest absolute Gasteiger partial charge is 0.299 e. The molecule has 0 atom stereocenters. The summed E-state index contributed by atoms with van der Waals surface area (Å²) >= 11 is 1.73. The van der Waals surface area contributed by atoms with Gasteiger partial charge in [0.25, 0.3) is 0 Å². The SMILES string of the molecule is CSCCCC(=O)Cc1ccccc1F. The van der Waals surface area contributed by atoms with E-state index in [9.17, 15) is 9.18 Å². The normalized spacial score (nSPS) is 10.3. The van der Waals surface area contributed by atoms with E-state index in [1.807, 2.05) is 6.26 Å². The average Bonchev–Trinajstić information content (AvgIpc) is 2.22. The standard InChI is InChI=1S/C12H15FOS/c1-15-8-4-6-11(14)9-10-5-2-3-7-12(10)13/h2-3,5,7H,4,6,8-9H2,1H3. The number of carbonyl (C=O) groups excluding carboxylic acids is 1. The van der Waals surface area contributed by atoms with Gasteiger partial charge in [0.15, 0.2) is 0 Å². The molecule has 1 aromatic rings. The molecule has 1 aromatic carbocycles. The van der Waals surface area contributed by atoms with Gasteiger partial charge in [0.05, 0.1) is 0 Å². The van der Waals surface area contributed by atoms with Gasteiger partial charge in [-0.2, -0.15) is 11.8 Å². The molecule has 0 aliphatic carbocycles.